The lowest BCUT2D eigenvalue weighted by molar-refractivity contribution is 0.102. The van der Waals surface area contributed by atoms with E-state index in [-0.39, 0.29) is 17.6 Å². The first kappa shape index (κ1) is 23.9. The molecule has 4 rings (SSSR count). The molecule has 0 aliphatic carbocycles. The van der Waals surface area contributed by atoms with Crippen molar-refractivity contribution in [2.75, 3.05) is 19.5 Å². The molecule has 6 nitrogen and oxygen atoms in total. The highest BCUT2D eigenvalue weighted by atomic mass is 32.2. The van der Waals surface area contributed by atoms with Gasteiger partial charge >= 0.3 is 0 Å². The van der Waals surface area contributed by atoms with E-state index < -0.39 is 0 Å². The minimum atomic E-state index is 0.0472. The summed E-state index contributed by atoms with van der Waals surface area (Å²) in [6, 6.07) is 21.9. The minimum absolute atomic E-state index is 0.0472. The number of aromatic nitrogens is 4. The van der Waals surface area contributed by atoms with Gasteiger partial charge in [-0.15, -0.1) is 10.2 Å². The molecule has 4 aromatic rings. The lowest BCUT2D eigenvalue weighted by Crippen LogP contribution is -2.14. The van der Waals surface area contributed by atoms with Crippen molar-refractivity contribution in [3.05, 3.63) is 83.7 Å². The van der Waals surface area contributed by atoms with Crippen LogP contribution in [0.5, 0.6) is 0 Å². The summed E-state index contributed by atoms with van der Waals surface area (Å²) in [5.41, 5.74) is 6.11. The molecule has 1 atom stereocenters. The van der Waals surface area contributed by atoms with Gasteiger partial charge in [0, 0.05) is 35.2 Å². The average Bonchev–Trinajstić information content (AvgIpc) is 3.17. The van der Waals surface area contributed by atoms with Gasteiger partial charge in [-0.1, -0.05) is 72.4 Å². The molecule has 0 aliphatic rings. The van der Waals surface area contributed by atoms with Crippen LogP contribution in [0.15, 0.2) is 71.9 Å². The highest BCUT2D eigenvalue weighted by molar-refractivity contribution is 7.99. The van der Waals surface area contributed by atoms with E-state index in [0.717, 1.165) is 39.5 Å². The quantitative estimate of drug-likeness (QED) is 0.226. The maximum atomic E-state index is 13.1. The van der Waals surface area contributed by atoms with Gasteiger partial charge in [0.2, 0.25) is 5.16 Å². The van der Waals surface area contributed by atoms with Crippen LogP contribution in [-0.2, 0) is 4.74 Å². The van der Waals surface area contributed by atoms with E-state index in [2.05, 4.69) is 21.7 Å². The number of aryl methyl sites for hydroxylation is 1. The van der Waals surface area contributed by atoms with Crippen LogP contribution in [0.2, 0.25) is 0 Å². The Morgan fingerprint density at radius 2 is 1.59 bits per heavy atom. The number of methoxy groups -OCH3 is 1. The lowest BCUT2D eigenvalue weighted by Gasteiger charge is -2.17. The summed E-state index contributed by atoms with van der Waals surface area (Å²) in [5.74, 6) is 0.287. The highest BCUT2D eigenvalue weighted by Gasteiger charge is 2.20. The molecule has 0 fully saturated rings. The van der Waals surface area contributed by atoms with Gasteiger partial charge < -0.3 is 9.30 Å². The molecule has 0 saturated heterocycles. The molecule has 0 N–H and O–H groups in total. The van der Waals surface area contributed by atoms with Crippen molar-refractivity contribution < 1.29 is 9.53 Å². The van der Waals surface area contributed by atoms with Crippen molar-refractivity contribution >= 4 is 17.5 Å². The third-order valence-corrected chi connectivity index (χ3v) is 6.57. The zero-order valence-electron chi connectivity index (χ0n) is 19.9. The second-order valence-electron chi connectivity index (χ2n) is 8.19. The Bertz CT molecular complexity index is 1270. The molecule has 2 aromatic heterocycles. The predicted octanol–water partition coefficient (Wildman–Crippen LogP) is 5.81. The first-order valence-corrected chi connectivity index (χ1v) is 12.2. The zero-order valence-corrected chi connectivity index (χ0v) is 20.7. The molecule has 0 saturated carbocycles. The molecule has 7 heteroatoms. The summed E-state index contributed by atoms with van der Waals surface area (Å²) in [6.45, 7) is 6.68. The van der Waals surface area contributed by atoms with Gasteiger partial charge in [-0.3, -0.25) is 4.79 Å². The number of ketones is 1. The van der Waals surface area contributed by atoms with Crippen LogP contribution in [0.3, 0.4) is 0 Å². The summed E-state index contributed by atoms with van der Waals surface area (Å²) >= 11 is 1.31. The van der Waals surface area contributed by atoms with E-state index in [4.69, 9.17) is 9.72 Å². The number of rotatable bonds is 9. The van der Waals surface area contributed by atoms with Gasteiger partial charge in [0.1, 0.15) is 11.4 Å². The van der Waals surface area contributed by atoms with Crippen molar-refractivity contribution in [3.63, 3.8) is 0 Å². The van der Waals surface area contributed by atoms with Crippen molar-refractivity contribution in [3.8, 4) is 22.5 Å². The third-order valence-electron chi connectivity index (χ3n) is 5.73. The van der Waals surface area contributed by atoms with Gasteiger partial charge in [-0.05, 0) is 26.8 Å². The Morgan fingerprint density at radius 1 is 0.971 bits per heavy atom. The van der Waals surface area contributed by atoms with Gasteiger partial charge in [0.25, 0.3) is 0 Å². The zero-order chi connectivity index (χ0) is 24.1. The molecular weight excluding hydrogens is 444 g/mol. The summed E-state index contributed by atoms with van der Waals surface area (Å²) < 4.78 is 7.45. The number of ether oxygens (including phenoxy) is 1. The molecule has 0 amide bonds. The van der Waals surface area contributed by atoms with Gasteiger partial charge in [-0.2, -0.15) is 0 Å². The Labute approximate surface area is 204 Å². The second-order valence-corrected chi connectivity index (χ2v) is 9.14. The summed E-state index contributed by atoms with van der Waals surface area (Å²) in [6.07, 6.45) is 0. The van der Waals surface area contributed by atoms with Crippen LogP contribution in [-0.4, -0.2) is 45.0 Å². The molecule has 0 spiro atoms. The molecule has 0 unspecified atom stereocenters. The van der Waals surface area contributed by atoms with Crippen LogP contribution in [0.1, 0.15) is 34.7 Å². The van der Waals surface area contributed by atoms with Gasteiger partial charge in [0.15, 0.2) is 5.78 Å². The number of hydrogen-bond donors (Lipinski definition) is 0. The molecule has 0 bridgehead atoms. The van der Waals surface area contributed by atoms with E-state index in [1.165, 1.54) is 11.8 Å². The average molecular weight is 473 g/mol. The van der Waals surface area contributed by atoms with Crippen LogP contribution >= 0.6 is 11.8 Å². The van der Waals surface area contributed by atoms with Crippen LogP contribution < -0.4 is 0 Å². The van der Waals surface area contributed by atoms with E-state index in [0.29, 0.717) is 11.8 Å². The predicted molar refractivity (Wildman–Crippen MR) is 136 cm³/mol. The van der Waals surface area contributed by atoms with Crippen LogP contribution in [0, 0.1) is 13.8 Å². The minimum Gasteiger partial charge on any atom is -0.383 e. The third kappa shape index (κ3) is 5.11. The maximum Gasteiger partial charge on any atom is 0.210 e. The fraction of sp³-hybridized carbons (Fsp3) is 0.259. The van der Waals surface area contributed by atoms with E-state index in [1.54, 1.807) is 7.11 Å². The van der Waals surface area contributed by atoms with E-state index in [9.17, 15) is 4.79 Å². The lowest BCUT2D eigenvalue weighted by atomic mass is 10.0. The Kier molecular flexibility index (Phi) is 7.55. The normalized spacial score (nSPS) is 12.0. The first-order chi connectivity index (χ1) is 16.5. The van der Waals surface area contributed by atoms with Crippen LogP contribution in [0.4, 0.5) is 0 Å². The summed E-state index contributed by atoms with van der Waals surface area (Å²) in [4.78, 5) is 17.9. The Morgan fingerprint density at radius 3 is 2.21 bits per heavy atom. The monoisotopic (exact) mass is 472 g/mol. The molecule has 2 aromatic carbocycles. The van der Waals surface area contributed by atoms with Crippen molar-refractivity contribution in [1.29, 1.82) is 0 Å². The Balaban J connectivity index is 1.58. The highest BCUT2D eigenvalue weighted by Crippen LogP contribution is 2.30. The van der Waals surface area contributed by atoms with Crippen LogP contribution in [0.25, 0.3) is 22.5 Å². The molecule has 174 valence electrons. The molecule has 2 heterocycles. The summed E-state index contributed by atoms with van der Waals surface area (Å²) in [5, 5.41) is 9.31. The number of hydrogen-bond acceptors (Lipinski definition) is 6. The molecule has 0 radical (unpaired) electrons. The van der Waals surface area contributed by atoms with Crippen molar-refractivity contribution in [2.45, 2.75) is 32.0 Å². The number of thioether (sulfide) groups is 1. The topological polar surface area (TPSA) is 69.9 Å². The smallest absolute Gasteiger partial charge is 0.210 e. The molecule has 0 aliphatic heterocycles. The van der Waals surface area contributed by atoms with Crippen molar-refractivity contribution in [1.82, 2.24) is 19.7 Å². The number of nitrogens with zero attached hydrogens (tertiary/aromatic N) is 4. The Hall–Kier alpha value is -3.29. The number of benzene rings is 2. The fourth-order valence-corrected chi connectivity index (χ4v) is 4.89. The maximum absolute atomic E-state index is 13.1. The van der Waals surface area contributed by atoms with Crippen molar-refractivity contribution in [2.24, 2.45) is 0 Å². The number of Topliss-reactive ketones (excluding diaryl/α,β-unsaturated/α-hetero) is 1. The number of carbonyl (C=O) groups excluding carboxylic acids is 1. The van der Waals surface area contributed by atoms with E-state index in [1.807, 2.05) is 80.6 Å². The second kappa shape index (κ2) is 10.8. The first-order valence-electron chi connectivity index (χ1n) is 11.2. The van der Waals surface area contributed by atoms with Gasteiger partial charge in [0.05, 0.1) is 18.4 Å². The molecule has 34 heavy (non-hydrogen) atoms. The van der Waals surface area contributed by atoms with Gasteiger partial charge in [-0.25, -0.2) is 4.98 Å². The standard InChI is InChI=1S/C27H28N4O2S/c1-18-15-23(20(3)31(18)19(2)16-33-4)24(32)17-34-27-28-25(21-11-7-5-8-12-21)26(29-30-27)22-13-9-6-10-14-22/h5-15,19H,16-17H2,1-4H3/t19-/m1/s1. The summed E-state index contributed by atoms with van der Waals surface area (Å²) in [7, 11) is 1.69. The number of carbonyl (C=O) groups is 1. The fourth-order valence-electron chi connectivity index (χ4n) is 4.22. The largest absolute Gasteiger partial charge is 0.383 e. The SMILES string of the molecule is COC[C@@H](C)n1c(C)cc(C(=O)CSc2nnc(-c3ccccc3)c(-c3ccccc3)n2)c1C. The molecular formula is C27H28N4O2S. The van der Waals surface area contributed by atoms with E-state index >= 15 is 0 Å².